The van der Waals surface area contributed by atoms with Gasteiger partial charge in [0.05, 0.1) is 13.3 Å². The third-order valence-electron chi connectivity index (χ3n) is 2.01. The fourth-order valence-electron chi connectivity index (χ4n) is 1.18. The summed E-state index contributed by atoms with van der Waals surface area (Å²) in [6, 6.07) is 0. The summed E-state index contributed by atoms with van der Waals surface area (Å²) in [7, 11) is 5.35. The predicted octanol–water partition coefficient (Wildman–Crippen LogP) is 0.287. The first-order valence-corrected chi connectivity index (χ1v) is 4.82. The molecule has 0 fully saturated rings. The summed E-state index contributed by atoms with van der Waals surface area (Å²) in [5.41, 5.74) is 0.505. The zero-order valence-corrected chi connectivity index (χ0v) is 9.60. The lowest BCUT2D eigenvalue weighted by atomic mass is 10.3. The minimum Gasteiger partial charge on any atom is -0.480 e. The van der Waals surface area contributed by atoms with Crippen LogP contribution in [0.1, 0.15) is 16.2 Å². The highest BCUT2D eigenvalue weighted by atomic mass is 16.5. The van der Waals surface area contributed by atoms with Gasteiger partial charge >= 0.3 is 5.97 Å². The summed E-state index contributed by atoms with van der Waals surface area (Å²) >= 11 is 0. The number of aromatic carboxylic acids is 1. The molecule has 88 valence electrons. The van der Waals surface area contributed by atoms with Crippen LogP contribution >= 0.6 is 0 Å². The number of carboxylic acids is 1. The SMILES string of the molecule is COc1ncc(C(=O)O)nc1CCN(C)C. The van der Waals surface area contributed by atoms with Crippen molar-refractivity contribution in [2.24, 2.45) is 0 Å². The van der Waals surface area contributed by atoms with Crippen molar-refractivity contribution in [1.29, 1.82) is 0 Å². The number of nitrogens with zero attached hydrogens (tertiary/aromatic N) is 3. The smallest absolute Gasteiger partial charge is 0.356 e. The molecular weight excluding hydrogens is 210 g/mol. The van der Waals surface area contributed by atoms with E-state index >= 15 is 0 Å². The molecule has 1 aromatic rings. The van der Waals surface area contributed by atoms with E-state index in [2.05, 4.69) is 9.97 Å². The number of hydrogen-bond acceptors (Lipinski definition) is 5. The molecule has 0 bridgehead atoms. The Morgan fingerprint density at radius 1 is 1.56 bits per heavy atom. The predicted molar refractivity (Wildman–Crippen MR) is 57.8 cm³/mol. The summed E-state index contributed by atoms with van der Waals surface area (Å²) < 4.78 is 5.03. The molecule has 1 N–H and O–H groups in total. The Hall–Kier alpha value is -1.69. The van der Waals surface area contributed by atoms with Crippen LogP contribution in [-0.4, -0.2) is 53.7 Å². The Labute approximate surface area is 93.9 Å². The number of hydrogen-bond donors (Lipinski definition) is 1. The normalized spacial score (nSPS) is 10.5. The molecule has 0 radical (unpaired) electrons. The van der Waals surface area contributed by atoms with Crippen LogP contribution in [0.4, 0.5) is 0 Å². The third kappa shape index (κ3) is 3.16. The molecule has 16 heavy (non-hydrogen) atoms. The van der Waals surface area contributed by atoms with Gasteiger partial charge in [0.25, 0.3) is 0 Å². The van der Waals surface area contributed by atoms with E-state index in [-0.39, 0.29) is 5.69 Å². The molecule has 0 spiro atoms. The van der Waals surface area contributed by atoms with Gasteiger partial charge in [-0.15, -0.1) is 0 Å². The molecule has 0 atom stereocenters. The highest BCUT2D eigenvalue weighted by Crippen LogP contribution is 2.13. The van der Waals surface area contributed by atoms with E-state index in [1.807, 2.05) is 19.0 Å². The van der Waals surface area contributed by atoms with E-state index in [9.17, 15) is 4.79 Å². The van der Waals surface area contributed by atoms with Crippen LogP contribution in [0, 0.1) is 0 Å². The van der Waals surface area contributed by atoms with Gasteiger partial charge in [-0.05, 0) is 14.1 Å². The molecule has 1 aromatic heterocycles. The minimum atomic E-state index is -1.08. The largest absolute Gasteiger partial charge is 0.480 e. The topological polar surface area (TPSA) is 75.5 Å². The molecule has 6 heteroatoms. The van der Waals surface area contributed by atoms with Crippen LogP contribution in [-0.2, 0) is 6.42 Å². The van der Waals surface area contributed by atoms with Crippen LogP contribution < -0.4 is 4.74 Å². The van der Waals surface area contributed by atoms with E-state index in [1.54, 1.807) is 0 Å². The maximum absolute atomic E-state index is 10.7. The van der Waals surface area contributed by atoms with Gasteiger partial charge in [0, 0.05) is 13.0 Å². The molecule has 0 aliphatic carbocycles. The van der Waals surface area contributed by atoms with Gasteiger partial charge in [0.15, 0.2) is 5.69 Å². The molecule has 0 amide bonds. The van der Waals surface area contributed by atoms with Crippen molar-refractivity contribution in [2.75, 3.05) is 27.7 Å². The van der Waals surface area contributed by atoms with Crippen LogP contribution in [0.25, 0.3) is 0 Å². The first kappa shape index (κ1) is 12.4. The van der Waals surface area contributed by atoms with Crippen LogP contribution in [0.5, 0.6) is 5.88 Å². The molecule has 0 unspecified atom stereocenters. The van der Waals surface area contributed by atoms with Gasteiger partial charge in [-0.2, -0.15) is 0 Å². The van der Waals surface area contributed by atoms with Crippen molar-refractivity contribution in [2.45, 2.75) is 6.42 Å². The Morgan fingerprint density at radius 3 is 2.75 bits per heavy atom. The van der Waals surface area contributed by atoms with Crippen molar-refractivity contribution in [1.82, 2.24) is 14.9 Å². The quantitative estimate of drug-likeness (QED) is 0.776. The van der Waals surface area contributed by atoms with E-state index in [1.165, 1.54) is 13.3 Å². The highest BCUT2D eigenvalue weighted by Gasteiger charge is 2.12. The average Bonchev–Trinajstić information content (AvgIpc) is 2.25. The van der Waals surface area contributed by atoms with Gasteiger partial charge in [-0.1, -0.05) is 0 Å². The molecule has 0 aliphatic rings. The number of rotatable bonds is 5. The fraction of sp³-hybridized carbons (Fsp3) is 0.500. The van der Waals surface area contributed by atoms with E-state index in [0.29, 0.717) is 18.0 Å². The van der Waals surface area contributed by atoms with Crippen molar-refractivity contribution in [3.8, 4) is 5.88 Å². The summed E-state index contributed by atoms with van der Waals surface area (Å²) in [4.78, 5) is 20.6. The number of carboxylic acid groups (broad SMARTS) is 1. The Balaban J connectivity index is 2.93. The van der Waals surface area contributed by atoms with Gasteiger partial charge in [0.2, 0.25) is 5.88 Å². The molecule has 6 nitrogen and oxygen atoms in total. The van der Waals surface area contributed by atoms with Gasteiger partial charge in [-0.25, -0.2) is 14.8 Å². The standard InChI is InChI=1S/C10H15N3O3/c1-13(2)5-4-7-9(16-3)11-6-8(12-7)10(14)15/h6H,4-5H2,1-3H3,(H,14,15). The molecule has 1 rings (SSSR count). The molecule has 0 saturated heterocycles. The Kier molecular flexibility index (Phi) is 4.19. The number of likely N-dealkylation sites (N-methyl/N-ethyl adjacent to an activating group) is 1. The maximum Gasteiger partial charge on any atom is 0.356 e. The second-order valence-electron chi connectivity index (χ2n) is 3.57. The molecule has 0 saturated carbocycles. The second-order valence-corrected chi connectivity index (χ2v) is 3.57. The molecular formula is C10H15N3O3. The summed E-state index contributed by atoms with van der Waals surface area (Å²) in [5.74, 6) is -0.701. The lowest BCUT2D eigenvalue weighted by molar-refractivity contribution is 0.0689. The number of methoxy groups -OCH3 is 1. The highest BCUT2D eigenvalue weighted by molar-refractivity contribution is 5.84. The first-order valence-electron chi connectivity index (χ1n) is 4.82. The monoisotopic (exact) mass is 225 g/mol. The summed E-state index contributed by atoms with van der Waals surface area (Å²) in [6.07, 6.45) is 1.80. The zero-order chi connectivity index (χ0) is 12.1. The molecule has 0 aromatic carbocycles. The maximum atomic E-state index is 10.7. The van der Waals surface area contributed by atoms with Crippen molar-refractivity contribution in [3.05, 3.63) is 17.6 Å². The minimum absolute atomic E-state index is 0.0606. The number of carbonyl (C=O) groups is 1. The lowest BCUT2D eigenvalue weighted by Gasteiger charge is -2.11. The van der Waals surface area contributed by atoms with E-state index < -0.39 is 5.97 Å². The van der Waals surface area contributed by atoms with Gasteiger partial charge in [0.1, 0.15) is 5.69 Å². The lowest BCUT2D eigenvalue weighted by Crippen LogP contribution is -2.17. The summed E-state index contributed by atoms with van der Waals surface area (Å²) in [6.45, 7) is 0.758. The number of aromatic nitrogens is 2. The molecule has 0 aliphatic heterocycles. The fourth-order valence-corrected chi connectivity index (χ4v) is 1.18. The van der Waals surface area contributed by atoms with Crippen LogP contribution in [0.2, 0.25) is 0 Å². The van der Waals surface area contributed by atoms with Gasteiger partial charge < -0.3 is 14.7 Å². The average molecular weight is 225 g/mol. The van der Waals surface area contributed by atoms with Crippen LogP contribution in [0.3, 0.4) is 0 Å². The van der Waals surface area contributed by atoms with Crippen LogP contribution in [0.15, 0.2) is 6.20 Å². The Bertz CT molecular complexity index is 380. The second kappa shape index (κ2) is 5.41. The van der Waals surface area contributed by atoms with Gasteiger partial charge in [-0.3, -0.25) is 0 Å². The first-order chi connectivity index (χ1) is 7.54. The molecule has 1 heterocycles. The van der Waals surface area contributed by atoms with E-state index in [4.69, 9.17) is 9.84 Å². The zero-order valence-electron chi connectivity index (χ0n) is 9.60. The third-order valence-corrected chi connectivity index (χ3v) is 2.01. The number of ether oxygens (including phenoxy) is 1. The Morgan fingerprint density at radius 2 is 2.25 bits per heavy atom. The summed E-state index contributed by atoms with van der Waals surface area (Å²) in [5, 5.41) is 8.80. The van der Waals surface area contributed by atoms with E-state index in [0.717, 1.165) is 6.54 Å². The van der Waals surface area contributed by atoms with Crippen molar-refractivity contribution < 1.29 is 14.6 Å². The van der Waals surface area contributed by atoms with Crippen molar-refractivity contribution in [3.63, 3.8) is 0 Å². The van der Waals surface area contributed by atoms with Crippen molar-refractivity contribution >= 4 is 5.97 Å².